The molecular weight excluding hydrogens is 212 g/mol. The molecule has 1 aromatic rings. The summed E-state index contributed by atoms with van der Waals surface area (Å²) in [6.45, 7) is 0. The number of aliphatic carboxylic acids is 1. The summed E-state index contributed by atoms with van der Waals surface area (Å²) >= 11 is 1.72. The normalized spacial score (nSPS) is 10.5. The van der Waals surface area contributed by atoms with Gasteiger partial charge in [-0.25, -0.2) is 4.98 Å². The average molecular weight is 228 g/mol. The molecule has 0 aliphatic carbocycles. The van der Waals surface area contributed by atoms with Crippen LogP contribution in [0.15, 0.2) is 17.6 Å². The van der Waals surface area contributed by atoms with E-state index in [-0.39, 0.29) is 6.42 Å². The van der Waals surface area contributed by atoms with Crippen molar-refractivity contribution >= 4 is 17.7 Å². The molecule has 0 aromatic carbocycles. The van der Waals surface area contributed by atoms with Crippen molar-refractivity contribution in [2.75, 3.05) is 5.75 Å². The lowest BCUT2D eigenvalue weighted by Gasteiger charge is -2.00. The standard InChI is InChI=1S/C10H16N2O2S/c1-12-7-6-11-10(12)15-8-4-2-3-5-9(13)14/h6-7H,2-5,8H2,1H3,(H,13,14). The molecule has 0 amide bonds. The number of imidazole rings is 1. The van der Waals surface area contributed by atoms with Crippen molar-refractivity contribution in [2.45, 2.75) is 30.8 Å². The van der Waals surface area contributed by atoms with Gasteiger partial charge in [0.15, 0.2) is 5.16 Å². The van der Waals surface area contributed by atoms with E-state index in [1.54, 1.807) is 18.0 Å². The molecule has 0 saturated heterocycles. The predicted molar refractivity (Wildman–Crippen MR) is 60.0 cm³/mol. The monoisotopic (exact) mass is 228 g/mol. The summed E-state index contributed by atoms with van der Waals surface area (Å²) in [6, 6.07) is 0. The largest absolute Gasteiger partial charge is 0.481 e. The van der Waals surface area contributed by atoms with Crippen LogP contribution >= 0.6 is 11.8 Å². The van der Waals surface area contributed by atoms with E-state index in [0.717, 1.165) is 30.2 Å². The Morgan fingerprint density at radius 3 is 2.93 bits per heavy atom. The van der Waals surface area contributed by atoms with Crippen molar-refractivity contribution < 1.29 is 9.90 Å². The number of carboxylic acid groups (broad SMARTS) is 1. The highest BCUT2D eigenvalue weighted by Crippen LogP contribution is 2.16. The maximum Gasteiger partial charge on any atom is 0.303 e. The summed E-state index contributed by atoms with van der Waals surface area (Å²) in [5.74, 6) is 0.302. The number of aromatic nitrogens is 2. The lowest BCUT2D eigenvalue weighted by Crippen LogP contribution is -1.94. The molecular formula is C10H16N2O2S. The number of unbranched alkanes of at least 4 members (excludes halogenated alkanes) is 2. The van der Waals surface area contributed by atoms with E-state index < -0.39 is 5.97 Å². The van der Waals surface area contributed by atoms with Gasteiger partial charge in [-0.05, 0) is 12.8 Å². The second-order valence-corrected chi connectivity index (χ2v) is 4.44. The zero-order chi connectivity index (χ0) is 11.1. The predicted octanol–water partition coefficient (Wildman–Crippen LogP) is 2.16. The summed E-state index contributed by atoms with van der Waals surface area (Å²) in [4.78, 5) is 14.4. The van der Waals surface area contributed by atoms with Gasteiger partial charge < -0.3 is 9.67 Å². The van der Waals surface area contributed by atoms with E-state index in [1.807, 2.05) is 17.8 Å². The van der Waals surface area contributed by atoms with Crippen molar-refractivity contribution in [1.29, 1.82) is 0 Å². The third kappa shape index (κ3) is 4.88. The molecule has 1 heterocycles. The SMILES string of the molecule is Cn1ccnc1SCCCCCC(=O)O. The van der Waals surface area contributed by atoms with E-state index in [4.69, 9.17) is 5.11 Å². The Morgan fingerprint density at radius 1 is 1.53 bits per heavy atom. The average Bonchev–Trinajstić information content (AvgIpc) is 2.57. The van der Waals surface area contributed by atoms with Gasteiger partial charge in [0.05, 0.1) is 0 Å². The minimum absolute atomic E-state index is 0.285. The van der Waals surface area contributed by atoms with Crippen molar-refractivity contribution in [3.05, 3.63) is 12.4 Å². The fourth-order valence-electron chi connectivity index (χ4n) is 1.21. The minimum atomic E-state index is -0.702. The van der Waals surface area contributed by atoms with Gasteiger partial charge in [0, 0.05) is 31.6 Å². The first-order valence-corrected chi connectivity index (χ1v) is 6.00. The van der Waals surface area contributed by atoms with E-state index in [9.17, 15) is 4.79 Å². The van der Waals surface area contributed by atoms with Crippen molar-refractivity contribution in [3.63, 3.8) is 0 Å². The molecule has 1 N–H and O–H groups in total. The van der Waals surface area contributed by atoms with E-state index in [2.05, 4.69) is 4.98 Å². The van der Waals surface area contributed by atoms with E-state index >= 15 is 0 Å². The van der Waals surface area contributed by atoms with E-state index in [0.29, 0.717) is 0 Å². The minimum Gasteiger partial charge on any atom is -0.481 e. The molecule has 0 aliphatic rings. The maximum atomic E-state index is 10.2. The molecule has 0 fully saturated rings. The zero-order valence-corrected chi connectivity index (χ0v) is 9.66. The van der Waals surface area contributed by atoms with Gasteiger partial charge >= 0.3 is 5.97 Å². The Hall–Kier alpha value is -0.970. The van der Waals surface area contributed by atoms with Crippen molar-refractivity contribution in [1.82, 2.24) is 9.55 Å². The Morgan fingerprint density at radius 2 is 2.33 bits per heavy atom. The highest BCUT2D eigenvalue weighted by Gasteiger charge is 2.00. The van der Waals surface area contributed by atoms with Crippen LogP contribution in [-0.4, -0.2) is 26.4 Å². The molecule has 0 aliphatic heterocycles. The van der Waals surface area contributed by atoms with Crippen LogP contribution in [0.1, 0.15) is 25.7 Å². The van der Waals surface area contributed by atoms with Crippen LogP contribution in [-0.2, 0) is 11.8 Å². The number of carbonyl (C=O) groups is 1. The lowest BCUT2D eigenvalue weighted by atomic mass is 10.2. The third-order valence-electron chi connectivity index (χ3n) is 2.04. The summed E-state index contributed by atoms with van der Waals surface area (Å²) in [5.41, 5.74) is 0. The zero-order valence-electron chi connectivity index (χ0n) is 8.85. The summed E-state index contributed by atoms with van der Waals surface area (Å²) in [5, 5.41) is 9.46. The first-order chi connectivity index (χ1) is 7.20. The van der Waals surface area contributed by atoms with Crippen molar-refractivity contribution in [2.24, 2.45) is 7.05 Å². The molecule has 84 valence electrons. The van der Waals surface area contributed by atoms with Gasteiger partial charge in [0.2, 0.25) is 0 Å². The van der Waals surface area contributed by atoms with Gasteiger partial charge in [-0.3, -0.25) is 4.79 Å². The molecule has 0 spiro atoms. The third-order valence-corrected chi connectivity index (χ3v) is 3.19. The number of hydrogen-bond acceptors (Lipinski definition) is 3. The van der Waals surface area contributed by atoms with Crippen LogP contribution in [0, 0.1) is 0 Å². The Labute approximate surface area is 93.7 Å². The first-order valence-electron chi connectivity index (χ1n) is 5.02. The molecule has 0 saturated carbocycles. The fraction of sp³-hybridized carbons (Fsp3) is 0.600. The summed E-state index contributed by atoms with van der Waals surface area (Å²) in [7, 11) is 1.97. The van der Waals surface area contributed by atoms with Crippen LogP contribution in [0.2, 0.25) is 0 Å². The Kier molecular flexibility index (Phi) is 5.25. The number of thioether (sulfide) groups is 1. The number of rotatable bonds is 7. The summed E-state index contributed by atoms with van der Waals surface area (Å²) < 4.78 is 1.99. The smallest absolute Gasteiger partial charge is 0.303 e. The maximum absolute atomic E-state index is 10.2. The second-order valence-electron chi connectivity index (χ2n) is 3.37. The Bertz CT molecular complexity index is 312. The van der Waals surface area contributed by atoms with Crippen molar-refractivity contribution in [3.8, 4) is 0 Å². The molecule has 1 rings (SSSR count). The highest BCUT2D eigenvalue weighted by molar-refractivity contribution is 7.99. The molecule has 4 nitrogen and oxygen atoms in total. The first kappa shape index (κ1) is 12.1. The fourth-order valence-corrected chi connectivity index (χ4v) is 2.14. The quantitative estimate of drug-likeness (QED) is 0.574. The van der Waals surface area contributed by atoms with Gasteiger partial charge in [-0.15, -0.1) is 0 Å². The number of carboxylic acids is 1. The van der Waals surface area contributed by atoms with E-state index in [1.165, 1.54) is 0 Å². The summed E-state index contributed by atoms with van der Waals surface area (Å²) in [6.07, 6.45) is 6.79. The topological polar surface area (TPSA) is 55.1 Å². The van der Waals surface area contributed by atoms with Crippen LogP contribution in [0.4, 0.5) is 0 Å². The molecule has 0 atom stereocenters. The van der Waals surface area contributed by atoms with Gasteiger partial charge in [-0.1, -0.05) is 18.2 Å². The molecule has 1 aromatic heterocycles. The molecule has 5 heteroatoms. The highest BCUT2D eigenvalue weighted by atomic mass is 32.2. The molecule has 0 unspecified atom stereocenters. The Balaban J connectivity index is 2.03. The van der Waals surface area contributed by atoms with Gasteiger partial charge in [0.1, 0.15) is 0 Å². The molecule has 0 radical (unpaired) electrons. The number of nitrogens with zero attached hydrogens (tertiary/aromatic N) is 2. The van der Waals surface area contributed by atoms with Crippen LogP contribution < -0.4 is 0 Å². The van der Waals surface area contributed by atoms with Crippen LogP contribution in [0.25, 0.3) is 0 Å². The van der Waals surface area contributed by atoms with Crippen LogP contribution in [0.3, 0.4) is 0 Å². The number of aryl methyl sites for hydroxylation is 1. The molecule has 0 bridgehead atoms. The number of hydrogen-bond donors (Lipinski definition) is 1. The van der Waals surface area contributed by atoms with Gasteiger partial charge in [-0.2, -0.15) is 0 Å². The molecule has 15 heavy (non-hydrogen) atoms. The van der Waals surface area contributed by atoms with Crippen LogP contribution in [0.5, 0.6) is 0 Å². The second kappa shape index (κ2) is 6.50. The lowest BCUT2D eigenvalue weighted by molar-refractivity contribution is -0.137. The van der Waals surface area contributed by atoms with Gasteiger partial charge in [0.25, 0.3) is 0 Å².